The zero-order valence-corrected chi connectivity index (χ0v) is 17.5. The monoisotopic (exact) mass is 452 g/mol. The van der Waals surface area contributed by atoms with Crippen LogP contribution >= 0.6 is 39.0 Å². The summed E-state index contributed by atoms with van der Waals surface area (Å²) in [6.07, 6.45) is 1.33. The Morgan fingerprint density at radius 1 is 1.27 bits per heavy atom. The summed E-state index contributed by atoms with van der Waals surface area (Å²) in [5.41, 5.74) is 1.10. The molecule has 7 heteroatoms. The maximum Gasteiger partial charge on any atom is 0.249 e. The number of carbonyl (C=O) groups is 1. The van der Waals surface area contributed by atoms with Crippen LogP contribution in [-0.4, -0.2) is 16.2 Å². The maximum atomic E-state index is 12.9. The molecule has 0 bridgehead atoms. The Bertz CT molecular complexity index is 979. The van der Waals surface area contributed by atoms with Gasteiger partial charge in [0.15, 0.2) is 4.80 Å². The van der Waals surface area contributed by atoms with Crippen LogP contribution in [0.3, 0.4) is 0 Å². The Labute approximate surface area is 168 Å². The fourth-order valence-corrected chi connectivity index (χ4v) is 4.99. The molecule has 0 unspecified atom stereocenters. The van der Waals surface area contributed by atoms with Gasteiger partial charge in [-0.15, -0.1) is 11.8 Å². The molecule has 0 radical (unpaired) electrons. The van der Waals surface area contributed by atoms with E-state index in [2.05, 4.69) is 44.5 Å². The number of fused-ring (bicyclic) bond motifs is 1. The summed E-state index contributed by atoms with van der Waals surface area (Å²) in [6.45, 7) is 2.94. The molecule has 0 aliphatic heterocycles. The van der Waals surface area contributed by atoms with Gasteiger partial charge in [0.2, 0.25) is 5.91 Å². The van der Waals surface area contributed by atoms with E-state index in [-0.39, 0.29) is 11.7 Å². The number of thiazole rings is 1. The third-order valence-electron chi connectivity index (χ3n) is 3.71. The van der Waals surface area contributed by atoms with E-state index >= 15 is 0 Å². The quantitative estimate of drug-likeness (QED) is 0.454. The van der Waals surface area contributed by atoms with Crippen LogP contribution in [0.15, 0.2) is 56.8 Å². The van der Waals surface area contributed by atoms with Gasteiger partial charge in [0, 0.05) is 28.1 Å². The molecule has 1 aromatic heterocycles. The highest BCUT2D eigenvalue weighted by molar-refractivity contribution is 9.10. The molecule has 3 nitrogen and oxygen atoms in total. The second kappa shape index (κ2) is 8.97. The summed E-state index contributed by atoms with van der Waals surface area (Å²) in [7, 11) is 0. The van der Waals surface area contributed by atoms with Crippen molar-refractivity contribution in [2.75, 3.05) is 5.75 Å². The lowest BCUT2D eigenvalue weighted by Gasteiger charge is -2.02. The van der Waals surface area contributed by atoms with E-state index < -0.39 is 0 Å². The lowest BCUT2D eigenvalue weighted by atomic mass is 10.3. The standard InChI is InChI=1S/C19H18BrFN2OS2/c1-2-10-23-16-8-3-13(20)12-17(16)26-19(23)22-18(24)9-11-25-15-6-4-14(21)5-7-15/h3-8,12H,2,9-11H2,1H3. The first-order valence-electron chi connectivity index (χ1n) is 8.31. The number of hydrogen-bond acceptors (Lipinski definition) is 3. The van der Waals surface area contributed by atoms with Gasteiger partial charge in [-0.25, -0.2) is 4.39 Å². The summed E-state index contributed by atoms with van der Waals surface area (Å²) in [5, 5.41) is 0. The molecule has 0 aliphatic carbocycles. The first kappa shape index (κ1) is 19.3. The van der Waals surface area contributed by atoms with Gasteiger partial charge in [-0.05, 0) is 48.9 Å². The van der Waals surface area contributed by atoms with Crippen LogP contribution in [0.25, 0.3) is 10.2 Å². The SMILES string of the molecule is CCCn1c(=NC(=O)CCSc2ccc(F)cc2)sc2cc(Br)ccc21. The third kappa shape index (κ3) is 4.84. The highest BCUT2D eigenvalue weighted by atomic mass is 79.9. The van der Waals surface area contributed by atoms with Crippen molar-refractivity contribution < 1.29 is 9.18 Å². The second-order valence-electron chi connectivity index (χ2n) is 5.71. The van der Waals surface area contributed by atoms with Crippen molar-refractivity contribution >= 4 is 55.2 Å². The highest BCUT2D eigenvalue weighted by Gasteiger charge is 2.08. The predicted octanol–water partition coefficient (Wildman–Crippen LogP) is 5.62. The Morgan fingerprint density at radius 2 is 2.04 bits per heavy atom. The van der Waals surface area contributed by atoms with Crippen LogP contribution in [0, 0.1) is 5.82 Å². The Kier molecular flexibility index (Phi) is 6.67. The Hall–Kier alpha value is -1.44. The molecule has 3 aromatic rings. The van der Waals surface area contributed by atoms with Gasteiger partial charge in [0.05, 0.1) is 10.2 Å². The Balaban J connectivity index is 1.74. The largest absolute Gasteiger partial charge is 0.316 e. The second-order valence-corrected chi connectivity index (χ2v) is 8.80. The lowest BCUT2D eigenvalue weighted by molar-refractivity contribution is -0.117. The number of nitrogens with zero attached hydrogens (tertiary/aromatic N) is 2. The van der Waals surface area contributed by atoms with Crippen molar-refractivity contribution in [1.29, 1.82) is 0 Å². The van der Waals surface area contributed by atoms with Crippen molar-refractivity contribution in [3.8, 4) is 0 Å². The average molecular weight is 453 g/mol. The molecule has 0 atom stereocenters. The summed E-state index contributed by atoms with van der Waals surface area (Å²) < 4.78 is 17.1. The lowest BCUT2D eigenvalue weighted by Crippen LogP contribution is -2.16. The summed E-state index contributed by atoms with van der Waals surface area (Å²) >= 11 is 6.56. The molecule has 1 amide bonds. The number of aryl methyl sites for hydroxylation is 1. The summed E-state index contributed by atoms with van der Waals surface area (Å²) in [5.74, 6) is 0.241. The minimum atomic E-state index is -0.252. The van der Waals surface area contributed by atoms with E-state index in [1.807, 2.05) is 6.07 Å². The molecule has 1 heterocycles. The predicted molar refractivity (Wildman–Crippen MR) is 110 cm³/mol. The number of amides is 1. The van der Waals surface area contributed by atoms with Gasteiger partial charge in [-0.2, -0.15) is 4.99 Å². The smallest absolute Gasteiger partial charge is 0.249 e. The van der Waals surface area contributed by atoms with Gasteiger partial charge in [-0.3, -0.25) is 4.79 Å². The third-order valence-corrected chi connectivity index (χ3v) is 6.26. The number of aromatic nitrogens is 1. The Morgan fingerprint density at radius 3 is 2.77 bits per heavy atom. The van der Waals surface area contributed by atoms with E-state index in [4.69, 9.17) is 0 Å². The molecule has 0 N–H and O–H groups in total. The van der Waals surface area contributed by atoms with Gasteiger partial charge < -0.3 is 4.57 Å². The molecule has 136 valence electrons. The number of hydrogen-bond donors (Lipinski definition) is 0. The highest BCUT2D eigenvalue weighted by Crippen LogP contribution is 2.23. The number of thioether (sulfide) groups is 1. The van der Waals surface area contributed by atoms with Gasteiger partial charge in [0.25, 0.3) is 0 Å². The van der Waals surface area contributed by atoms with Crippen LogP contribution < -0.4 is 4.80 Å². The summed E-state index contributed by atoms with van der Waals surface area (Å²) in [4.78, 5) is 18.3. The van der Waals surface area contributed by atoms with Crippen LogP contribution in [0.4, 0.5) is 4.39 Å². The minimum absolute atomic E-state index is 0.130. The normalized spacial score (nSPS) is 12.0. The maximum absolute atomic E-state index is 12.9. The molecular weight excluding hydrogens is 435 g/mol. The zero-order valence-electron chi connectivity index (χ0n) is 14.2. The first-order valence-corrected chi connectivity index (χ1v) is 10.9. The fourth-order valence-electron chi connectivity index (χ4n) is 2.52. The van der Waals surface area contributed by atoms with Gasteiger partial charge in [-0.1, -0.05) is 34.2 Å². The van der Waals surface area contributed by atoms with E-state index in [9.17, 15) is 9.18 Å². The molecule has 2 aromatic carbocycles. The number of benzene rings is 2. The average Bonchev–Trinajstić information content (AvgIpc) is 2.93. The van der Waals surface area contributed by atoms with Crippen molar-refractivity contribution in [2.24, 2.45) is 4.99 Å². The molecule has 0 spiro atoms. The van der Waals surface area contributed by atoms with Crippen molar-refractivity contribution in [3.05, 3.63) is 57.6 Å². The van der Waals surface area contributed by atoms with E-state index in [1.165, 1.54) is 35.2 Å². The zero-order chi connectivity index (χ0) is 18.5. The van der Waals surface area contributed by atoms with Gasteiger partial charge in [0.1, 0.15) is 5.82 Å². The van der Waals surface area contributed by atoms with Crippen LogP contribution in [0.2, 0.25) is 0 Å². The van der Waals surface area contributed by atoms with Crippen molar-refractivity contribution in [1.82, 2.24) is 4.57 Å². The molecule has 0 fully saturated rings. The van der Waals surface area contributed by atoms with Crippen LogP contribution in [-0.2, 0) is 11.3 Å². The molecule has 0 aliphatic rings. The van der Waals surface area contributed by atoms with Crippen LogP contribution in [0.1, 0.15) is 19.8 Å². The minimum Gasteiger partial charge on any atom is -0.316 e. The molecule has 3 rings (SSSR count). The summed E-state index contributed by atoms with van der Waals surface area (Å²) in [6, 6.07) is 12.4. The van der Waals surface area contributed by atoms with E-state index in [1.54, 1.807) is 12.1 Å². The number of halogens is 2. The first-order chi connectivity index (χ1) is 12.6. The molecular formula is C19H18BrFN2OS2. The van der Waals surface area contributed by atoms with Crippen LogP contribution in [0.5, 0.6) is 0 Å². The van der Waals surface area contributed by atoms with Gasteiger partial charge >= 0.3 is 0 Å². The molecule has 26 heavy (non-hydrogen) atoms. The molecule has 0 saturated heterocycles. The number of rotatable bonds is 6. The number of carbonyl (C=O) groups excluding carboxylic acids is 1. The van der Waals surface area contributed by atoms with E-state index in [0.29, 0.717) is 12.2 Å². The molecule has 0 saturated carbocycles. The van der Waals surface area contributed by atoms with Crippen molar-refractivity contribution in [2.45, 2.75) is 31.2 Å². The van der Waals surface area contributed by atoms with Crippen molar-refractivity contribution in [3.63, 3.8) is 0 Å². The topological polar surface area (TPSA) is 34.4 Å². The fraction of sp³-hybridized carbons (Fsp3) is 0.263. The van der Waals surface area contributed by atoms with E-state index in [0.717, 1.165) is 37.4 Å².